The molecule has 0 spiro atoms. The third kappa shape index (κ3) is 5.54. The highest BCUT2D eigenvalue weighted by Gasteiger charge is 2.35. The minimum absolute atomic E-state index is 0.0152. The molecule has 1 amide bonds. The average Bonchev–Trinajstić information content (AvgIpc) is 2.71. The topological polar surface area (TPSA) is 90.3 Å². The van der Waals surface area contributed by atoms with E-state index >= 15 is 0 Å². The molecule has 1 saturated heterocycles. The minimum Gasteiger partial charge on any atom is -0.354 e. The lowest BCUT2D eigenvalue weighted by Gasteiger charge is -2.35. The molecule has 30 heavy (non-hydrogen) atoms. The van der Waals surface area contributed by atoms with Crippen LogP contribution in [-0.2, 0) is 14.8 Å². The molecule has 3 rings (SSSR count). The third-order valence-electron chi connectivity index (χ3n) is 6.21. The molecule has 1 aliphatic heterocycles. The van der Waals surface area contributed by atoms with Crippen molar-refractivity contribution in [1.82, 2.24) is 9.62 Å². The number of nitrogens with zero attached hydrogens (tertiary/aromatic N) is 2. The van der Waals surface area contributed by atoms with Crippen molar-refractivity contribution < 1.29 is 13.2 Å². The largest absolute Gasteiger partial charge is 0.354 e. The van der Waals surface area contributed by atoms with Crippen molar-refractivity contribution in [3.8, 4) is 6.07 Å². The highest BCUT2D eigenvalue weighted by atomic mass is 35.5. The van der Waals surface area contributed by atoms with Gasteiger partial charge in [-0.25, -0.2) is 8.42 Å². The lowest BCUT2D eigenvalue weighted by Crippen LogP contribution is -2.50. The number of sulfonamides is 1. The van der Waals surface area contributed by atoms with Gasteiger partial charge in [0.05, 0.1) is 16.7 Å². The number of nitriles is 1. The van der Waals surface area contributed by atoms with E-state index < -0.39 is 10.0 Å². The number of carbonyl (C=O) groups is 1. The Hall–Kier alpha value is -1.62. The maximum atomic E-state index is 13.3. The predicted octanol–water partition coefficient (Wildman–Crippen LogP) is 4.23. The van der Waals surface area contributed by atoms with Gasteiger partial charge in [-0.1, -0.05) is 50.1 Å². The van der Waals surface area contributed by atoms with Crippen molar-refractivity contribution >= 4 is 27.5 Å². The van der Waals surface area contributed by atoms with E-state index in [9.17, 15) is 13.2 Å². The number of hydrogen-bond donors (Lipinski definition) is 1. The quantitative estimate of drug-likeness (QED) is 0.725. The number of halogens is 1. The summed E-state index contributed by atoms with van der Waals surface area (Å²) in [4.78, 5) is 12.7. The molecule has 6 nitrogen and oxygen atoms in total. The van der Waals surface area contributed by atoms with E-state index in [0.29, 0.717) is 25.1 Å². The molecule has 0 radical (unpaired) electrons. The van der Waals surface area contributed by atoms with Gasteiger partial charge >= 0.3 is 0 Å². The van der Waals surface area contributed by atoms with Crippen LogP contribution in [0.25, 0.3) is 0 Å². The number of benzene rings is 1. The van der Waals surface area contributed by atoms with E-state index in [-0.39, 0.29) is 27.8 Å². The van der Waals surface area contributed by atoms with Crippen molar-refractivity contribution in [2.45, 2.75) is 75.1 Å². The monoisotopic (exact) mass is 451 g/mol. The smallest absolute Gasteiger partial charge is 0.244 e. The Bertz CT molecular complexity index is 889. The van der Waals surface area contributed by atoms with E-state index in [2.05, 4.69) is 5.32 Å². The Morgan fingerprint density at radius 2 is 1.77 bits per heavy atom. The molecule has 1 atom stereocenters. The van der Waals surface area contributed by atoms with Gasteiger partial charge in [0.15, 0.2) is 0 Å². The van der Waals surface area contributed by atoms with Gasteiger partial charge in [0.2, 0.25) is 15.9 Å². The first-order chi connectivity index (χ1) is 14.4. The summed E-state index contributed by atoms with van der Waals surface area (Å²) in [6, 6.07) is 5.93. The number of nitrogens with one attached hydrogen (secondary N) is 1. The summed E-state index contributed by atoms with van der Waals surface area (Å²) in [7, 11) is -3.81. The maximum absolute atomic E-state index is 13.3. The van der Waals surface area contributed by atoms with Crippen LogP contribution < -0.4 is 5.32 Å². The molecule has 1 N–H and O–H groups in total. The second-order valence-corrected chi connectivity index (χ2v) is 10.6. The van der Waals surface area contributed by atoms with Crippen molar-refractivity contribution in [1.29, 1.82) is 5.26 Å². The Labute approximate surface area is 184 Å². The van der Waals surface area contributed by atoms with Crippen LogP contribution in [0.2, 0.25) is 5.02 Å². The fourth-order valence-electron chi connectivity index (χ4n) is 4.48. The van der Waals surface area contributed by atoms with Gasteiger partial charge in [0.25, 0.3) is 0 Å². The summed E-state index contributed by atoms with van der Waals surface area (Å²) in [5.41, 5.74) is 0.320. The van der Waals surface area contributed by atoms with Gasteiger partial charge in [-0.2, -0.15) is 9.57 Å². The molecule has 2 fully saturated rings. The second kappa shape index (κ2) is 10.6. The van der Waals surface area contributed by atoms with Crippen LogP contribution in [0.1, 0.15) is 69.8 Å². The SMILES string of the molecule is N#Cc1ccc(S(=O)(=O)N2CCCCC2CNC(=O)C2CCCCCCC2)c(Cl)c1. The Kier molecular flexibility index (Phi) is 8.15. The van der Waals surface area contributed by atoms with Crippen LogP contribution in [0.4, 0.5) is 0 Å². The van der Waals surface area contributed by atoms with Gasteiger partial charge in [0, 0.05) is 25.0 Å². The number of rotatable bonds is 5. The third-order valence-corrected chi connectivity index (χ3v) is 8.64. The molecule has 1 heterocycles. The Balaban J connectivity index is 1.70. The minimum atomic E-state index is -3.81. The van der Waals surface area contributed by atoms with Gasteiger partial charge in [-0.05, 0) is 43.9 Å². The number of carbonyl (C=O) groups excluding carboxylic acids is 1. The highest BCUT2D eigenvalue weighted by molar-refractivity contribution is 7.89. The molecule has 1 aliphatic carbocycles. The lowest BCUT2D eigenvalue weighted by atomic mass is 9.90. The fraction of sp³-hybridized carbons (Fsp3) is 0.636. The van der Waals surface area contributed by atoms with Gasteiger partial charge in [0.1, 0.15) is 4.90 Å². The number of hydrogen-bond acceptors (Lipinski definition) is 4. The fourth-order valence-corrected chi connectivity index (χ4v) is 6.69. The number of piperidine rings is 1. The van der Waals surface area contributed by atoms with Crippen LogP contribution in [0.15, 0.2) is 23.1 Å². The highest BCUT2D eigenvalue weighted by Crippen LogP contribution is 2.30. The predicted molar refractivity (Wildman–Crippen MR) is 117 cm³/mol. The van der Waals surface area contributed by atoms with Crippen molar-refractivity contribution in [3.63, 3.8) is 0 Å². The van der Waals surface area contributed by atoms with Gasteiger partial charge in [-0.3, -0.25) is 4.79 Å². The van der Waals surface area contributed by atoms with E-state index in [1.165, 1.54) is 41.8 Å². The molecule has 0 aromatic heterocycles. The van der Waals surface area contributed by atoms with Crippen molar-refractivity contribution in [3.05, 3.63) is 28.8 Å². The first-order valence-corrected chi connectivity index (χ1v) is 12.7. The molecule has 1 saturated carbocycles. The molecule has 2 aliphatic rings. The standard InChI is InChI=1S/C22H30ClN3O3S/c23-20-14-17(15-24)11-12-21(20)30(28,29)26-13-7-6-10-19(26)16-25-22(27)18-8-4-2-1-3-5-9-18/h11-12,14,18-19H,1-10,13,16H2,(H,25,27). The Morgan fingerprint density at radius 1 is 1.10 bits per heavy atom. The first kappa shape index (κ1) is 23.1. The molecule has 1 unspecified atom stereocenters. The van der Waals surface area contributed by atoms with Crippen LogP contribution >= 0.6 is 11.6 Å². The van der Waals surface area contributed by atoms with E-state index in [0.717, 1.165) is 38.5 Å². The normalized spacial score (nSPS) is 21.9. The summed E-state index contributed by atoms with van der Waals surface area (Å²) >= 11 is 6.19. The van der Waals surface area contributed by atoms with E-state index in [1.54, 1.807) is 0 Å². The van der Waals surface area contributed by atoms with Crippen molar-refractivity contribution in [2.24, 2.45) is 5.92 Å². The maximum Gasteiger partial charge on any atom is 0.244 e. The summed E-state index contributed by atoms with van der Waals surface area (Å²) in [5.74, 6) is 0.0862. The molecule has 1 aromatic carbocycles. The summed E-state index contributed by atoms with van der Waals surface area (Å²) < 4.78 is 28.1. The second-order valence-electron chi connectivity index (χ2n) is 8.31. The van der Waals surface area contributed by atoms with Crippen LogP contribution in [0.5, 0.6) is 0 Å². The summed E-state index contributed by atoms with van der Waals surface area (Å²) in [6.45, 7) is 0.727. The van der Waals surface area contributed by atoms with E-state index in [4.69, 9.17) is 16.9 Å². The van der Waals surface area contributed by atoms with Gasteiger partial charge in [-0.15, -0.1) is 0 Å². The molecule has 1 aromatic rings. The molecular formula is C22H30ClN3O3S. The molecule has 164 valence electrons. The average molecular weight is 452 g/mol. The summed E-state index contributed by atoms with van der Waals surface area (Å²) in [5, 5.41) is 12.1. The summed E-state index contributed by atoms with van der Waals surface area (Å²) in [6.07, 6.45) is 10.0. The zero-order valence-corrected chi connectivity index (χ0v) is 18.8. The molecular weight excluding hydrogens is 422 g/mol. The van der Waals surface area contributed by atoms with Crippen LogP contribution in [0.3, 0.4) is 0 Å². The van der Waals surface area contributed by atoms with Gasteiger partial charge < -0.3 is 5.32 Å². The van der Waals surface area contributed by atoms with Crippen LogP contribution in [0, 0.1) is 17.2 Å². The van der Waals surface area contributed by atoms with Crippen molar-refractivity contribution in [2.75, 3.05) is 13.1 Å². The lowest BCUT2D eigenvalue weighted by molar-refractivity contribution is -0.125. The number of amides is 1. The van der Waals surface area contributed by atoms with Crippen LogP contribution in [-0.4, -0.2) is 37.8 Å². The first-order valence-electron chi connectivity index (χ1n) is 10.9. The molecule has 8 heteroatoms. The molecule has 0 bridgehead atoms. The Morgan fingerprint density at radius 3 is 2.43 bits per heavy atom. The zero-order chi connectivity index (χ0) is 21.6. The zero-order valence-electron chi connectivity index (χ0n) is 17.3. The van der Waals surface area contributed by atoms with E-state index in [1.807, 2.05) is 6.07 Å².